The van der Waals surface area contributed by atoms with Crippen LogP contribution in [0.15, 0.2) is 73.1 Å². The summed E-state index contributed by atoms with van der Waals surface area (Å²) in [5.74, 6) is 6.87. The van der Waals surface area contributed by atoms with E-state index in [2.05, 4.69) is 15.5 Å². The number of nitrogens with two attached hydrogens (primary N) is 1. The molecule has 0 unspecified atom stereocenters. The molecule has 8 saturated carbocycles. The first-order valence-corrected chi connectivity index (χ1v) is 20.4. The second-order valence-corrected chi connectivity index (χ2v) is 17.3. The van der Waals surface area contributed by atoms with Gasteiger partial charge in [-0.25, -0.2) is 14.2 Å². The van der Waals surface area contributed by atoms with Crippen molar-refractivity contribution >= 4 is 11.9 Å². The molecule has 4 aromatic rings. The zero-order chi connectivity index (χ0) is 38.1. The van der Waals surface area contributed by atoms with Gasteiger partial charge in [-0.2, -0.15) is 10.2 Å². The van der Waals surface area contributed by atoms with Crippen molar-refractivity contribution in [3.05, 3.63) is 95.3 Å². The Morgan fingerprint density at radius 3 is 1.49 bits per heavy atom. The number of nitrogens with one attached hydrogen (secondary N) is 1. The van der Waals surface area contributed by atoms with Crippen LogP contribution in [0.2, 0.25) is 0 Å². The third kappa shape index (κ3) is 8.32. The lowest BCUT2D eigenvalue weighted by atomic mass is 9.54. The van der Waals surface area contributed by atoms with E-state index in [0.717, 1.165) is 46.6 Å². The molecule has 12 rings (SSSR count). The number of benzene rings is 2. The Balaban J connectivity index is 0.000000129. The molecule has 8 bridgehead atoms. The average Bonchev–Trinajstić information content (AvgIpc) is 3.75. The summed E-state index contributed by atoms with van der Waals surface area (Å²) in [6, 6.07) is 20.5. The third-order valence-electron chi connectivity index (χ3n) is 13.5. The minimum absolute atomic E-state index is 0.0383. The summed E-state index contributed by atoms with van der Waals surface area (Å²) in [6.45, 7) is 0.749. The molecule has 0 aliphatic heterocycles. The molecular formula is C44H56N6O5. The van der Waals surface area contributed by atoms with Crippen LogP contribution in [0.1, 0.15) is 96.1 Å². The van der Waals surface area contributed by atoms with Gasteiger partial charge in [0.1, 0.15) is 24.3 Å². The number of rotatable bonds is 9. The lowest BCUT2D eigenvalue weighted by molar-refractivity contribution is -0.0120. The summed E-state index contributed by atoms with van der Waals surface area (Å²) >= 11 is 0. The SMILES string of the molecule is Cn1ncc(C(=O)NC2C3CC4CC(C3)CC2C4)c1OCc1ccccc1.Cn1ncc(C(=O)O)c1OCc1ccccc1.NC1C2CC3CC(C2)CC1C3. The quantitative estimate of drug-likeness (QED) is 0.166. The second kappa shape index (κ2) is 16.2. The maximum Gasteiger partial charge on any atom is 0.342 e. The molecule has 0 saturated heterocycles. The first-order chi connectivity index (χ1) is 26.7. The van der Waals surface area contributed by atoms with Crippen LogP contribution in [0.25, 0.3) is 0 Å². The molecule has 2 aromatic heterocycles. The molecule has 8 aliphatic carbocycles. The summed E-state index contributed by atoms with van der Waals surface area (Å²) < 4.78 is 14.5. The fourth-order valence-electron chi connectivity index (χ4n) is 11.3. The number of nitrogens with zero attached hydrogens (tertiary/aromatic N) is 4. The highest BCUT2D eigenvalue weighted by Gasteiger charge is 2.49. The van der Waals surface area contributed by atoms with E-state index in [-0.39, 0.29) is 17.4 Å². The predicted octanol–water partition coefficient (Wildman–Crippen LogP) is 7.02. The number of carboxylic acid groups (broad SMARTS) is 1. The molecule has 8 aliphatic rings. The van der Waals surface area contributed by atoms with Gasteiger partial charge in [-0.3, -0.25) is 4.79 Å². The Morgan fingerprint density at radius 2 is 1.05 bits per heavy atom. The number of hydrogen-bond acceptors (Lipinski definition) is 7. The number of carbonyl (C=O) groups excluding carboxylic acids is 1. The van der Waals surface area contributed by atoms with E-state index in [9.17, 15) is 9.59 Å². The summed E-state index contributed by atoms with van der Waals surface area (Å²) in [4.78, 5) is 24.0. The molecule has 0 atom stereocenters. The zero-order valence-electron chi connectivity index (χ0n) is 32.1. The average molecular weight is 749 g/mol. The van der Waals surface area contributed by atoms with E-state index >= 15 is 0 Å². The lowest BCUT2D eigenvalue weighted by Crippen LogP contribution is -2.55. The van der Waals surface area contributed by atoms with Gasteiger partial charge in [0.05, 0.1) is 12.4 Å². The molecule has 8 fully saturated rings. The number of hydrogen-bond donors (Lipinski definition) is 3. The first kappa shape index (κ1) is 37.3. The highest BCUT2D eigenvalue weighted by Crippen LogP contribution is 2.54. The Hall–Kier alpha value is -4.64. The fourth-order valence-corrected chi connectivity index (χ4v) is 11.3. The summed E-state index contributed by atoms with van der Waals surface area (Å²) in [6.07, 6.45) is 16.9. The number of aromatic carboxylic acids is 1. The van der Waals surface area contributed by atoms with Crippen LogP contribution >= 0.6 is 0 Å². The minimum Gasteiger partial charge on any atom is -0.477 e. The highest BCUT2D eigenvalue weighted by molar-refractivity contribution is 5.96. The van der Waals surface area contributed by atoms with E-state index in [1.54, 1.807) is 24.3 Å². The fraction of sp³-hybridized carbons (Fsp3) is 0.545. The van der Waals surface area contributed by atoms with Gasteiger partial charge in [0.15, 0.2) is 0 Å². The molecule has 0 spiro atoms. The van der Waals surface area contributed by atoms with Gasteiger partial charge < -0.3 is 25.6 Å². The second-order valence-electron chi connectivity index (χ2n) is 17.3. The highest BCUT2D eigenvalue weighted by atomic mass is 16.5. The van der Waals surface area contributed by atoms with Crippen LogP contribution in [-0.2, 0) is 27.3 Å². The minimum atomic E-state index is -1.04. The Bertz CT molecular complexity index is 1870. The molecular weight excluding hydrogens is 693 g/mol. The number of carbonyl (C=O) groups is 2. The maximum absolute atomic E-state index is 13.0. The van der Waals surface area contributed by atoms with Crippen molar-refractivity contribution < 1.29 is 24.2 Å². The molecule has 0 radical (unpaired) electrons. The van der Waals surface area contributed by atoms with E-state index in [4.69, 9.17) is 20.3 Å². The smallest absolute Gasteiger partial charge is 0.342 e. The van der Waals surface area contributed by atoms with Gasteiger partial charge >= 0.3 is 5.97 Å². The van der Waals surface area contributed by atoms with Gasteiger partial charge in [-0.05, 0) is 123 Å². The van der Waals surface area contributed by atoms with Crippen LogP contribution in [0.4, 0.5) is 0 Å². The largest absolute Gasteiger partial charge is 0.477 e. The number of aryl methyl sites for hydroxylation is 2. The summed E-state index contributed by atoms with van der Waals surface area (Å²) in [5, 5.41) is 20.4. The summed E-state index contributed by atoms with van der Waals surface area (Å²) in [5.41, 5.74) is 8.84. The molecule has 11 heteroatoms. The molecule has 2 heterocycles. The maximum atomic E-state index is 13.0. The molecule has 1 amide bonds. The van der Waals surface area contributed by atoms with Crippen molar-refractivity contribution in [2.45, 2.75) is 89.5 Å². The van der Waals surface area contributed by atoms with E-state index < -0.39 is 5.97 Å². The third-order valence-corrected chi connectivity index (χ3v) is 13.5. The lowest BCUT2D eigenvalue weighted by Gasteiger charge is -2.54. The van der Waals surface area contributed by atoms with Crippen LogP contribution in [0.3, 0.4) is 0 Å². The van der Waals surface area contributed by atoms with Crippen molar-refractivity contribution in [2.24, 2.45) is 67.2 Å². The molecule has 55 heavy (non-hydrogen) atoms. The topological polar surface area (TPSA) is 147 Å². The van der Waals surface area contributed by atoms with Crippen molar-refractivity contribution in [3.8, 4) is 11.8 Å². The normalized spacial score (nSPS) is 30.5. The molecule has 11 nitrogen and oxygen atoms in total. The standard InChI is InChI=1S/C22H27N3O2.C12H12N2O3.C10H17N/c1-25-22(27-13-14-5-3-2-4-6-14)19(12-23-25)21(26)24-20-17-8-15-7-16(10-17)11-18(20)9-15;1-14-11(10(7-13-14)12(15)16)17-8-9-5-3-2-4-6-9;11-10-8-2-6-1-7(4-8)5-9(10)3-6/h2-6,12,15-18,20H,7-11,13H2,1H3,(H,24,26);2-7H,8H2,1H3,(H,15,16);6-10H,1-5,11H2. The van der Waals surface area contributed by atoms with Crippen molar-refractivity contribution in [3.63, 3.8) is 0 Å². The predicted molar refractivity (Wildman–Crippen MR) is 208 cm³/mol. The van der Waals surface area contributed by atoms with Gasteiger partial charge in [-0.1, -0.05) is 60.7 Å². The number of amides is 1. The Labute approximate surface area is 324 Å². The van der Waals surface area contributed by atoms with Crippen molar-refractivity contribution in [1.82, 2.24) is 24.9 Å². The molecule has 4 N–H and O–H groups in total. The van der Waals surface area contributed by atoms with E-state index in [0.29, 0.717) is 48.6 Å². The number of carboxylic acids is 1. The summed E-state index contributed by atoms with van der Waals surface area (Å²) in [7, 11) is 3.47. The Kier molecular flexibility index (Phi) is 11.0. The van der Waals surface area contributed by atoms with Gasteiger partial charge in [0.25, 0.3) is 5.91 Å². The zero-order valence-corrected chi connectivity index (χ0v) is 32.1. The number of ether oxygens (including phenoxy) is 2. The van der Waals surface area contributed by atoms with Gasteiger partial charge in [-0.15, -0.1) is 0 Å². The van der Waals surface area contributed by atoms with Crippen LogP contribution in [0.5, 0.6) is 11.8 Å². The van der Waals surface area contributed by atoms with Gasteiger partial charge in [0, 0.05) is 26.2 Å². The van der Waals surface area contributed by atoms with Gasteiger partial charge in [0.2, 0.25) is 11.8 Å². The number of aromatic nitrogens is 4. The van der Waals surface area contributed by atoms with E-state index in [1.165, 1.54) is 68.7 Å². The molecule has 292 valence electrons. The monoisotopic (exact) mass is 748 g/mol. The van der Waals surface area contributed by atoms with Crippen molar-refractivity contribution in [1.29, 1.82) is 0 Å². The van der Waals surface area contributed by atoms with E-state index in [1.807, 2.05) is 67.7 Å². The van der Waals surface area contributed by atoms with Crippen LogP contribution in [-0.4, -0.2) is 48.6 Å². The van der Waals surface area contributed by atoms with Crippen LogP contribution in [0, 0.1) is 47.3 Å². The first-order valence-electron chi connectivity index (χ1n) is 20.4. The molecule has 2 aromatic carbocycles. The van der Waals surface area contributed by atoms with Crippen LogP contribution < -0.4 is 20.5 Å². The van der Waals surface area contributed by atoms with Crippen molar-refractivity contribution in [2.75, 3.05) is 0 Å². The Morgan fingerprint density at radius 1 is 0.655 bits per heavy atom.